The van der Waals surface area contributed by atoms with E-state index >= 15 is 0 Å². The second-order valence-electron chi connectivity index (χ2n) is 10.1. The number of hydrogen-bond donors (Lipinski definition) is 0. The van der Waals surface area contributed by atoms with Gasteiger partial charge in [-0.05, 0) is 64.3 Å². The van der Waals surface area contributed by atoms with Gasteiger partial charge in [0.15, 0.2) is 0 Å². The van der Waals surface area contributed by atoms with Gasteiger partial charge < -0.3 is 19.1 Å². The number of likely N-dealkylation sites (tertiary alicyclic amines) is 1. The molecule has 196 valence electrons. The van der Waals surface area contributed by atoms with Gasteiger partial charge in [-0.2, -0.15) is 0 Å². The summed E-state index contributed by atoms with van der Waals surface area (Å²) in [6, 6.07) is 12.6. The standard InChI is InChI=1S/C29H35N3O5/c1-29(2,3)37-27(33)31-19-17-25(21-31)35-20-9-5-6-12-23-16-15-22-11-10-18-30-26(22)32(23)28(34)36-24-13-7-4-8-14-24/h4-8,10-11,13-16,18,23,25H,9,12,17,19-21H2,1-3H3/b6-5+/t23?,25-/m1/s1. The molecule has 37 heavy (non-hydrogen) atoms. The molecule has 2 atom stereocenters. The molecule has 2 aliphatic heterocycles. The maximum atomic E-state index is 13.1. The number of ether oxygens (including phenoxy) is 3. The third kappa shape index (κ3) is 7.43. The predicted octanol–water partition coefficient (Wildman–Crippen LogP) is 5.84. The van der Waals surface area contributed by atoms with Crippen molar-refractivity contribution in [1.29, 1.82) is 0 Å². The molecule has 2 amide bonds. The molecule has 8 nitrogen and oxygen atoms in total. The third-order valence-corrected chi connectivity index (χ3v) is 6.00. The van der Waals surface area contributed by atoms with Crippen molar-refractivity contribution >= 4 is 24.1 Å². The SMILES string of the molecule is CC(C)(C)OC(=O)N1CC[C@@H](OCC/C=C/CC2C=Cc3cccnc3N2C(=O)Oc2ccccc2)C1. The highest BCUT2D eigenvalue weighted by molar-refractivity contribution is 5.93. The summed E-state index contributed by atoms with van der Waals surface area (Å²) in [5, 5.41) is 0. The zero-order chi connectivity index (χ0) is 26.3. The van der Waals surface area contributed by atoms with Crippen LogP contribution in [-0.4, -0.2) is 59.5 Å². The summed E-state index contributed by atoms with van der Waals surface area (Å²) in [7, 11) is 0. The van der Waals surface area contributed by atoms with Gasteiger partial charge in [0.05, 0.1) is 25.3 Å². The normalized spacial score (nSPS) is 19.2. The fourth-order valence-corrected chi connectivity index (χ4v) is 4.26. The number of nitrogens with zero attached hydrogens (tertiary/aromatic N) is 3. The van der Waals surface area contributed by atoms with E-state index in [1.807, 2.05) is 63.3 Å². The van der Waals surface area contributed by atoms with Gasteiger partial charge in [0.25, 0.3) is 0 Å². The molecule has 0 spiro atoms. The molecule has 2 aliphatic rings. The molecular weight excluding hydrogens is 470 g/mol. The van der Waals surface area contributed by atoms with Gasteiger partial charge in [0.1, 0.15) is 17.2 Å². The minimum Gasteiger partial charge on any atom is -0.444 e. The number of amides is 2. The predicted molar refractivity (Wildman–Crippen MR) is 143 cm³/mol. The highest BCUT2D eigenvalue weighted by Gasteiger charge is 2.31. The number of pyridine rings is 1. The number of hydrogen-bond acceptors (Lipinski definition) is 6. The Balaban J connectivity index is 1.27. The summed E-state index contributed by atoms with van der Waals surface area (Å²) in [6.45, 7) is 7.36. The Bertz CT molecular complexity index is 1130. The number of carbonyl (C=O) groups excluding carboxylic acids is 2. The summed E-state index contributed by atoms with van der Waals surface area (Å²) < 4.78 is 17.0. The summed E-state index contributed by atoms with van der Waals surface area (Å²) in [4.78, 5) is 33.1. The van der Waals surface area contributed by atoms with Crippen LogP contribution in [0.2, 0.25) is 0 Å². The van der Waals surface area contributed by atoms with Crippen LogP contribution in [0, 0.1) is 0 Å². The van der Waals surface area contributed by atoms with Crippen molar-refractivity contribution in [3.8, 4) is 5.75 Å². The van der Waals surface area contributed by atoms with Crippen LogP contribution in [0.4, 0.5) is 15.4 Å². The Hall–Kier alpha value is -3.65. The molecule has 1 saturated heterocycles. The first-order valence-electron chi connectivity index (χ1n) is 12.7. The van der Waals surface area contributed by atoms with Crippen LogP contribution < -0.4 is 9.64 Å². The monoisotopic (exact) mass is 505 g/mol. The van der Waals surface area contributed by atoms with E-state index in [9.17, 15) is 9.59 Å². The van der Waals surface area contributed by atoms with Crippen LogP contribution >= 0.6 is 0 Å². The molecule has 0 bridgehead atoms. The topological polar surface area (TPSA) is 81.2 Å². The summed E-state index contributed by atoms with van der Waals surface area (Å²) >= 11 is 0. The van der Waals surface area contributed by atoms with Gasteiger partial charge >= 0.3 is 12.2 Å². The Morgan fingerprint density at radius 1 is 1.08 bits per heavy atom. The lowest BCUT2D eigenvalue weighted by Gasteiger charge is -2.31. The lowest BCUT2D eigenvalue weighted by molar-refractivity contribution is 0.0215. The smallest absolute Gasteiger partial charge is 0.421 e. The van der Waals surface area contributed by atoms with E-state index < -0.39 is 11.7 Å². The maximum absolute atomic E-state index is 13.1. The van der Waals surface area contributed by atoms with Crippen LogP contribution in [0.5, 0.6) is 5.75 Å². The van der Waals surface area contributed by atoms with Crippen LogP contribution in [0.3, 0.4) is 0 Å². The summed E-state index contributed by atoms with van der Waals surface area (Å²) in [5.74, 6) is 1.08. The van der Waals surface area contributed by atoms with Gasteiger partial charge in [-0.25, -0.2) is 14.6 Å². The molecule has 1 unspecified atom stereocenters. The highest BCUT2D eigenvalue weighted by atomic mass is 16.6. The van der Waals surface area contributed by atoms with Gasteiger partial charge in [-0.1, -0.05) is 42.5 Å². The molecule has 0 radical (unpaired) electrons. The minimum absolute atomic E-state index is 0.0213. The van der Waals surface area contributed by atoms with E-state index in [0.717, 1.165) is 18.4 Å². The Labute approximate surface area is 218 Å². The number of aromatic nitrogens is 1. The molecule has 4 rings (SSSR count). The molecule has 3 heterocycles. The Morgan fingerprint density at radius 2 is 1.89 bits per heavy atom. The fraction of sp³-hybridized carbons (Fsp3) is 0.414. The summed E-state index contributed by atoms with van der Waals surface area (Å²) in [5.41, 5.74) is 0.374. The molecule has 8 heteroatoms. The van der Waals surface area contributed by atoms with Crippen LogP contribution in [0.25, 0.3) is 6.08 Å². The Kier molecular flexibility index (Phi) is 8.61. The van der Waals surface area contributed by atoms with Crippen molar-refractivity contribution in [2.75, 3.05) is 24.6 Å². The number of carbonyl (C=O) groups is 2. The maximum Gasteiger partial charge on any atom is 0.421 e. The van der Waals surface area contributed by atoms with Gasteiger partial charge in [-0.3, -0.25) is 4.90 Å². The number of anilines is 1. The lowest BCUT2D eigenvalue weighted by Crippen LogP contribution is -2.43. The lowest BCUT2D eigenvalue weighted by atomic mass is 10.0. The third-order valence-electron chi connectivity index (χ3n) is 6.00. The average molecular weight is 506 g/mol. The number of fused-ring (bicyclic) bond motifs is 1. The Morgan fingerprint density at radius 3 is 2.68 bits per heavy atom. The van der Waals surface area contributed by atoms with Gasteiger partial charge in [-0.15, -0.1) is 0 Å². The fourth-order valence-electron chi connectivity index (χ4n) is 4.26. The van der Waals surface area contributed by atoms with Crippen LogP contribution in [0.1, 0.15) is 45.6 Å². The first kappa shape index (κ1) is 26.4. The van der Waals surface area contributed by atoms with Crippen molar-refractivity contribution < 1.29 is 23.8 Å². The molecule has 0 aliphatic carbocycles. The van der Waals surface area contributed by atoms with Crippen molar-refractivity contribution in [3.05, 3.63) is 72.5 Å². The highest BCUT2D eigenvalue weighted by Crippen LogP contribution is 2.29. The van der Waals surface area contributed by atoms with Crippen molar-refractivity contribution in [1.82, 2.24) is 9.88 Å². The number of benzene rings is 1. The molecule has 0 saturated carbocycles. The zero-order valence-corrected chi connectivity index (χ0v) is 21.7. The molecule has 0 N–H and O–H groups in total. The largest absolute Gasteiger partial charge is 0.444 e. The van der Waals surface area contributed by atoms with E-state index in [-0.39, 0.29) is 18.2 Å². The number of rotatable bonds is 7. The van der Waals surface area contributed by atoms with E-state index in [1.165, 1.54) is 0 Å². The minimum atomic E-state index is -0.500. The van der Waals surface area contributed by atoms with Crippen molar-refractivity contribution in [2.24, 2.45) is 0 Å². The van der Waals surface area contributed by atoms with Crippen molar-refractivity contribution in [2.45, 2.75) is 57.8 Å². The van der Waals surface area contributed by atoms with Crippen LogP contribution in [-0.2, 0) is 9.47 Å². The molecule has 2 aromatic rings. The van der Waals surface area contributed by atoms with E-state index in [1.54, 1.807) is 28.1 Å². The zero-order valence-electron chi connectivity index (χ0n) is 21.7. The quantitative estimate of drug-likeness (QED) is 0.347. The first-order valence-corrected chi connectivity index (χ1v) is 12.7. The van der Waals surface area contributed by atoms with E-state index in [4.69, 9.17) is 14.2 Å². The average Bonchev–Trinajstić information content (AvgIpc) is 3.34. The van der Waals surface area contributed by atoms with E-state index in [2.05, 4.69) is 17.1 Å². The first-order chi connectivity index (χ1) is 17.8. The number of para-hydroxylation sites is 1. The second-order valence-corrected chi connectivity index (χ2v) is 10.1. The second kappa shape index (κ2) is 12.1. The van der Waals surface area contributed by atoms with E-state index in [0.29, 0.717) is 37.7 Å². The molecular formula is C29H35N3O5. The van der Waals surface area contributed by atoms with Gasteiger partial charge in [0.2, 0.25) is 0 Å². The van der Waals surface area contributed by atoms with Crippen molar-refractivity contribution in [3.63, 3.8) is 0 Å². The molecule has 1 aromatic heterocycles. The summed E-state index contributed by atoms with van der Waals surface area (Å²) in [6.07, 6.45) is 11.2. The molecule has 1 aromatic carbocycles. The van der Waals surface area contributed by atoms with Gasteiger partial charge in [0, 0.05) is 18.3 Å². The molecule has 1 fully saturated rings. The van der Waals surface area contributed by atoms with Crippen LogP contribution in [0.15, 0.2) is 66.9 Å².